The first-order valence-electron chi connectivity index (χ1n) is 6.79. The molecule has 1 saturated heterocycles. The molecule has 5 heteroatoms. The Morgan fingerprint density at radius 3 is 2.94 bits per heavy atom. The van der Waals surface area contributed by atoms with E-state index in [1.807, 2.05) is 6.92 Å². The van der Waals surface area contributed by atoms with E-state index in [-0.39, 0.29) is 24.4 Å². The third-order valence-electron chi connectivity index (χ3n) is 3.12. The number of hydrogen-bond acceptors (Lipinski definition) is 3. The van der Waals surface area contributed by atoms with Crippen LogP contribution < -0.4 is 10.6 Å². The smallest absolute Gasteiger partial charge is 0.239 e. The van der Waals surface area contributed by atoms with Crippen molar-refractivity contribution in [3.63, 3.8) is 0 Å². The molecule has 1 aliphatic heterocycles. The van der Waals surface area contributed by atoms with Crippen LogP contribution in [0.1, 0.15) is 33.6 Å². The van der Waals surface area contributed by atoms with Gasteiger partial charge in [-0.05, 0) is 32.2 Å². The number of carbonyl (C=O) groups is 2. The van der Waals surface area contributed by atoms with Crippen LogP contribution in [0.4, 0.5) is 0 Å². The van der Waals surface area contributed by atoms with Crippen LogP contribution in [-0.4, -0.2) is 48.9 Å². The van der Waals surface area contributed by atoms with E-state index in [9.17, 15) is 9.59 Å². The van der Waals surface area contributed by atoms with Gasteiger partial charge < -0.3 is 15.5 Å². The summed E-state index contributed by atoms with van der Waals surface area (Å²) in [4.78, 5) is 25.3. The van der Waals surface area contributed by atoms with Gasteiger partial charge in [-0.3, -0.25) is 9.59 Å². The van der Waals surface area contributed by atoms with E-state index in [0.29, 0.717) is 19.0 Å². The highest BCUT2D eigenvalue weighted by molar-refractivity contribution is 5.87. The summed E-state index contributed by atoms with van der Waals surface area (Å²) in [5.41, 5.74) is 0. The summed E-state index contributed by atoms with van der Waals surface area (Å²) >= 11 is 0. The van der Waals surface area contributed by atoms with Gasteiger partial charge in [0.2, 0.25) is 11.8 Å². The standard InChI is InChI=1S/C13H25N3O2/c1-10(2)5-7-15-12(17)9-16-8-4-6-14-11(3)13(16)18/h10-11,14H,4-9H2,1-3H3,(H,15,17). The number of rotatable bonds is 5. The van der Waals surface area contributed by atoms with E-state index >= 15 is 0 Å². The van der Waals surface area contributed by atoms with Gasteiger partial charge in [-0.25, -0.2) is 0 Å². The van der Waals surface area contributed by atoms with Crippen LogP contribution in [0.5, 0.6) is 0 Å². The molecule has 0 spiro atoms. The van der Waals surface area contributed by atoms with Gasteiger partial charge in [-0.1, -0.05) is 13.8 Å². The Balaban J connectivity index is 2.35. The molecule has 0 aliphatic carbocycles. The van der Waals surface area contributed by atoms with Crippen molar-refractivity contribution >= 4 is 11.8 Å². The Morgan fingerprint density at radius 2 is 2.28 bits per heavy atom. The van der Waals surface area contributed by atoms with Crippen LogP contribution in [0.15, 0.2) is 0 Å². The number of carbonyl (C=O) groups excluding carboxylic acids is 2. The minimum Gasteiger partial charge on any atom is -0.355 e. The Hall–Kier alpha value is -1.10. The highest BCUT2D eigenvalue weighted by Gasteiger charge is 2.24. The quantitative estimate of drug-likeness (QED) is 0.745. The molecule has 5 nitrogen and oxygen atoms in total. The van der Waals surface area contributed by atoms with Crippen molar-refractivity contribution in [3.05, 3.63) is 0 Å². The van der Waals surface area contributed by atoms with Crippen molar-refractivity contribution in [2.45, 2.75) is 39.7 Å². The summed E-state index contributed by atoms with van der Waals surface area (Å²) in [5, 5.41) is 6.00. The number of nitrogens with one attached hydrogen (secondary N) is 2. The van der Waals surface area contributed by atoms with Crippen molar-refractivity contribution in [1.29, 1.82) is 0 Å². The maximum absolute atomic E-state index is 11.9. The van der Waals surface area contributed by atoms with Gasteiger partial charge in [0.15, 0.2) is 0 Å². The van der Waals surface area contributed by atoms with Gasteiger partial charge in [0.05, 0.1) is 12.6 Å². The molecule has 2 N–H and O–H groups in total. The van der Waals surface area contributed by atoms with Crippen molar-refractivity contribution in [3.8, 4) is 0 Å². The van der Waals surface area contributed by atoms with Gasteiger partial charge >= 0.3 is 0 Å². The van der Waals surface area contributed by atoms with Crippen LogP contribution in [-0.2, 0) is 9.59 Å². The van der Waals surface area contributed by atoms with Crippen LogP contribution >= 0.6 is 0 Å². The second-order valence-corrected chi connectivity index (χ2v) is 5.32. The minimum absolute atomic E-state index is 0.0199. The maximum Gasteiger partial charge on any atom is 0.239 e. The monoisotopic (exact) mass is 255 g/mol. The van der Waals surface area contributed by atoms with E-state index in [0.717, 1.165) is 19.4 Å². The lowest BCUT2D eigenvalue weighted by Gasteiger charge is -2.22. The zero-order valence-electron chi connectivity index (χ0n) is 11.7. The Kier molecular flexibility index (Phi) is 6.12. The molecule has 104 valence electrons. The molecule has 0 radical (unpaired) electrons. The molecule has 0 bridgehead atoms. The summed E-state index contributed by atoms with van der Waals surface area (Å²) in [5.74, 6) is 0.541. The lowest BCUT2D eigenvalue weighted by Crippen LogP contribution is -2.46. The minimum atomic E-state index is -0.184. The molecule has 1 aliphatic rings. The molecule has 1 atom stereocenters. The van der Waals surface area contributed by atoms with E-state index in [1.54, 1.807) is 4.90 Å². The molecule has 0 saturated carbocycles. The second kappa shape index (κ2) is 7.36. The molecular weight excluding hydrogens is 230 g/mol. The largest absolute Gasteiger partial charge is 0.355 e. The fourth-order valence-corrected chi connectivity index (χ4v) is 1.95. The van der Waals surface area contributed by atoms with Gasteiger partial charge in [0, 0.05) is 13.1 Å². The molecule has 1 fully saturated rings. The Bertz CT molecular complexity index is 292. The topological polar surface area (TPSA) is 61.4 Å². The van der Waals surface area contributed by atoms with Crippen LogP contribution in [0.3, 0.4) is 0 Å². The van der Waals surface area contributed by atoms with E-state index in [2.05, 4.69) is 24.5 Å². The predicted molar refractivity (Wildman–Crippen MR) is 71.1 cm³/mol. The first-order chi connectivity index (χ1) is 8.50. The number of nitrogens with zero attached hydrogens (tertiary/aromatic N) is 1. The van der Waals surface area contributed by atoms with Crippen LogP contribution in [0, 0.1) is 5.92 Å². The van der Waals surface area contributed by atoms with Gasteiger partial charge in [0.1, 0.15) is 0 Å². The fraction of sp³-hybridized carbons (Fsp3) is 0.846. The lowest BCUT2D eigenvalue weighted by molar-refractivity contribution is -0.136. The normalized spacial score (nSPS) is 21.0. The molecule has 0 aromatic rings. The fourth-order valence-electron chi connectivity index (χ4n) is 1.95. The summed E-state index contributed by atoms with van der Waals surface area (Å²) in [6, 6.07) is -0.184. The molecular formula is C13H25N3O2. The highest BCUT2D eigenvalue weighted by atomic mass is 16.2. The second-order valence-electron chi connectivity index (χ2n) is 5.32. The average Bonchev–Trinajstić information content (AvgIpc) is 2.44. The van der Waals surface area contributed by atoms with Crippen molar-refractivity contribution < 1.29 is 9.59 Å². The van der Waals surface area contributed by atoms with Gasteiger partial charge in [0.25, 0.3) is 0 Å². The molecule has 1 heterocycles. The van der Waals surface area contributed by atoms with Gasteiger partial charge in [-0.2, -0.15) is 0 Å². The van der Waals surface area contributed by atoms with E-state index in [1.165, 1.54) is 0 Å². The van der Waals surface area contributed by atoms with Crippen molar-refractivity contribution in [2.75, 3.05) is 26.2 Å². The van der Waals surface area contributed by atoms with Gasteiger partial charge in [-0.15, -0.1) is 0 Å². The molecule has 2 amide bonds. The van der Waals surface area contributed by atoms with Crippen LogP contribution in [0.25, 0.3) is 0 Å². The first-order valence-corrected chi connectivity index (χ1v) is 6.79. The first kappa shape index (κ1) is 15.0. The molecule has 18 heavy (non-hydrogen) atoms. The third-order valence-corrected chi connectivity index (χ3v) is 3.12. The summed E-state index contributed by atoms with van der Waals surface area (Å²) in [6.07, 6.45) is 1.87. The van der Waals surface area contributed by atoms with E-state index < -0.39 is 0 Å². The summed E-state index contributed by atoms with van der Waals surface area (Å²) in [7, 11) is 0. The molecule has 0 aromatic carbocycles. The third kappa shape index (κ3) is 5.04. The van der Waals surface area contributed by atoms with Crippen molar-refractivity contribution in [2.24, 2.45) is 5.92 Å². The summed E-state index contributed by atoms with van der Waals surface area (Å²) < 4.78 is 0. The number of hydrogen-bond donors (Lipinski definition) is 2. The zero-order valence-corrected chi connectivity index (χ0v) is 11.7. The highest BCUT2D eigenvalue weighted by Crippen LogP contribution is 2.02. The van der Waals surface area contributed by atoms with E-state index in [4.69, 9.17) is 0 Å². The molecule has 1 rings (SSSR count). The Morgan fingerprint density at radius 1 is 1.56 bits per heavy atom. The van der Waals surface area contributed by atoms with Crippen molar-refractivity contribution in [1.82, 2.24) is 15.5 Å². The SMILES string of the molecule is CC(C)CCNC(=O)CN1CCCNC(C)C1=O. The molecule has 1 unspecified atom stereocenters. The lowest BCUT2D eigenvalue weighted by atomic mass is 10.1. The molecule has 0 aromatic heterocycles. The van der Waals surface area contributed by atoms with Crippen LogP contribution in [0.2, 0.25) is 0 Å². The number of amides is 2. The predicted octanol–water partition coefficient (Wildman–Crippen LogP) is 0.359. The average molecular weight is 255 g/mol. The summed E-state index contributed by atoms with van der Waals surface area (Å²) in [6.45, 7) is 8.45. The Labute approximate surface area is 109 Å². The zero-order chi connectivity index (χ0) is 13.5. The maximum atomic E-state index is 11.9.